The van der Waals surface area contributed by atoms with E-state index >= 15 is 0 Å². The maximum Gasteiger partial charge on any atom is 1.00 e. The van der Waals surface area contributed by atoms with Gasteiger partial charge >= 0.3 is 44.8 Å². The average Bonchev–Trinajstić information content (AvgIpc) is 3.86. The molecule has 0 fully saturated rings. The third-order valence-corrected chi connectivity index (χ3v) is 17.7. The largest absolute Gasteiger partial charge is 1.00 e. The van der Waals surface area contributed by atoms with Crippen molar-refractivity contribution >= 4 is 37.1 Å². The second-order valence-electron chi connectivity index (χ2n) is 14.3. The van der Waals surface area contributed by atoms with E-state index in [1.165, 1.54) is 71.6 Å². The Morgan fingerprint density at radius 1 is 0.356 bits per heavy atom. The summed E-state index contributed by atoms with van der Waals surface area (Å²) in [5, 5.41) is 6.01. The van der Waals surface area contributed by atoms with Crippen molar-refractivity contribution in [3.05, 3.63) is 252 Å². The molecule has 0 bridgehead atoms. The van der Waals surface area contributed by atoms with Crippen LogP contribution in [-0.2, 0) is 57.6 Å². The van der Waals surface area contributed by atoms with E-state index in [0.29, 0.717) is 0 Å². The number of fused-ring (bicyclic) bond motifs is 6. The van der Waals surface area contributed by atoms with Crippen LogP contribution < -0.4 is 21.2 Å². The molecule has 0 heterocycles. The van der Waals surface area contributed by atoms with Gasteiger partial charge in [0.1, 0.15) is 37.1 Å². The van der Waals surface area contributed by atoms with Crippen LogP contribution >= 0.6 is 15.8 Å². The van der Waals surface area contributed by atoms with E-state index < -0.39 is 15.8 Å². The predicted octanol–water partition coefficient (Wildman–Crippen LogP) is 11.1. The molecule has 0 spiro atoms. The third-order valence-electron chi connectivity index (χ3n) is 10.7. The maximum absolute atomic E-state index is 7.12. The molecule has 8 aromatic carbocycles. The second-order valence-corrected chi connectivity index (χ2v) is 19.9. The van der Waals surface area contributed by atoms with Gasteiger partial charge in [-0.3, -0.25) is 11.8 Å². The van der Waals surface area contributed by atoms with Gasteiger partial charge in [-0.2, -0.15) is 0 Å². The van der Waals surface area contributed by atoms with E-state index in [-0.39, 0.29) is 44.8 Å². The molecule has 2 aliphatic rings. The first-order valence-electron chi connectivity index (χ1n) is 19.4. The van der Waals surface area contributed by atoms with E-state index in [2.05, 4.69) is 206 Å². The van der Waals surface area contributed by atoms with Gasteiger partial charge in [0.2, 0.25) is 0 Å². The van der Waals surface area contributed by atoms with E-state index in [1.54, 1.807) is 0 Å². The molecule has 0 saturated heterocycles. The van der Waals surface area contributed by atoms with Crippen LogP contribution in [0.25, 0.3) is 22.3 Å². The van der Waals surface area contributed by atoms with Crippen molar-refractivity contribution in [2.24, 2.45) is 0 Å². The summed E-state index contributed by atoms with van der Waals surface area (Å²) in [5.74, 6) is 6.11. The van der Waals surface area contributed by atoms with E-state index in [9.17, 15) is 0 Å². The summed E-state index contributed by atoms with van der Waals surface area (Å²) >= 11 is 0. The minimum absolute atomic E-state index is 0. The zero-order valence-corrected chi connectivity index (χ0v) is 38.0. The molecular weight excluding hydrogens is 1030 g/mol. The fraction of sp³-hybridized carbons (Fsp3) is 0.0545. The van der Waals surface area contributed by atoms with Gasteiger partial charge in [0, 0.05) is 0 Å². The quantitative estimate of drug-likeness (QED) is 0.0674. The molecule has 10 rings (SSSR count). The summed E-state index contributed by atoms with van der Waals surface area (Å²) < 4.78 is 0. The smallest absolute Gasteiger partial charge is 0.366 e. The minimum atomic E-state index is -0.847. The molecule has 292 valence electrons. The van der Waals surface area contributed by atoms with Crippen LogP contribution in [0, 0.1) is 24.7 Å². The Morgan fingerprint density at radius 3 is 0.966 bits per heavy atom. The average molecular weight is 1070 g/mol. The van der Waals surface area contributed by atoms with Crippen molar-refractivity contribution < 1.29 is 44.8 Å². The Bertz CT molecular complexity index is 2420. The molecule has 59 heavy (non-hydrogen) atoms. The van der Waals surface area contributed by atoms with Crippen molar-refractivity contribution in [2.45, 2.75) is 12.8 Å². The van der Waals surface area contributed by atoms with Gasteiger partial charge < -0.3 is 12.8 Å². The van der Waals surface area contributed by atoms with Crippen molar-refractivity contribution in [1.82, 2.24) is 0 Å². The topological polar surface area (TPSA) is 0 Å². The summed E-state index contributed by atoms with van der Waals surface area (Å²) in [6.07, 6.45) is 16.2. The van der Waals surface area contributed by atoms with Gasteiger partial charge in [0.25, 0.3) is 0 Å². The monoisotopic (exact) mass is 1070 g/mol. The first-order chi connectivity index (χ1) is 28.2. The molecule has 0 N–H and O–H groups in total. The van der Waals surface area contributed by atoms with Gasteiger partial charge in [0.05, 0.1) is 0 Å². The van der Waals surface area contributed by atoms with E-state index in [1.807, 2.05) is 12.1 Å². The molecule has 4 heteroatoms. The Labute approximate surface area is 384 Å². The van der Waals surface area contributed by atoms with Crippen molar-refractivity contribution in [3.8, 4) is 34.1 Å². The van der Waals surface area contributed by atoms with Crippen LogP contribution in [0.3, 0.4) is 0 Å². The Morgan fingerprint density at radius 2 is 0.644 bits per heavy atom. The zero-order valence-electron chi connectivity index (χ0n) is 32.4. The summed E-state index contributed by atoms with van der Waals surface area (Å²) in [7, 11) is -1.69. The molecule has 0 atom stereocenters. The van der Waals surface area contributed by atoms with Gasteiger partial charge in [-0.15, -0.1) is 35.4 Å². The van der Waals surface area contributed by atoms with Crippen LogP contribution in [-0.4, -0.2) is 5.90 Å². The molecule has 0 nitrogen and oxygen atoms in total. The van der Waals surface area contributed by atoms with Crippen LogP contribution in [0.4, 0.5) is 0 Å². The van der Waals surface area contributed by atoms with Gasteiger partial charge in [-0.05, 0) is 94.8 Å². The van der Waals surface area contributed by atoms with Gasteiger partial charge in [-0.1, -0.05) is 145 Å². The summed E-state index contributed by atoms with van der Waals surface area (Å²) in [6.45, 7) is 0. The van der Waals surface area contributed by atoms with Crippen molar-refractivity contribution in [1.29, 1.82) is 0 Å². The number of rotatable bonds is 6. The Hall–Kier alpha value is -4.78. The molecule has 0 radical (unpaired) electrons. The van der Waals surface area contributed by atoms with Gasteiger partial charge in [0.15, 0.2) is 5.90 Å². The van der Waals surface area contributed by atoms with Crippen LogP contribution in [0.5, 0.6) is 0 Å². The zero-order chi connectivity index (χ0) is 38.8. The number of benzene rings is 8. The molecule has 0 unspecified atom stereocenters. The first-order valence-corrected chi connectivity index (χ1v) is 22.8. The molecule has 0 amide bonds. The van der Waals surface area contributed by atoms with Gasteiger partial charge in [-0.25, -0.2) is 0 Å². The fourth-order valence-electron chi connectivity index (χ4n) is 7.92. The molecule has 2 aliphatic carbocycles. The molecule has 0 aliphatic heterocycles. The maximum atomic E-state index is 7.12. The van der Waals surface area contributed by atoms with Crippen LogP contribution in [0.1, 0.15) is 33.4 Å². The van der Waals surface area contributed by atoms with Crippen LogP contribution in [0.15, 0.2) is 206 Å². The Balaban J connectivity index is 0.000000156. The SMILES string of the molecule is [Ag+].[Au+].[C-]#Cc1ccc2c(c1)Cc1ccccc1-2.[C-]#Cc1ccc2c(c1)Cc1ccccc1-2.c1ccc([PH+](C[PH+](c2ccccc2)c2ccccc2)c2ccccc2)cc1. The third kappa shape index (κ3) is 10.5. The van der Waals surface area contributed by atoms with E-state index in [4.69, 9.17) is 12.8 Å². The van der Waals surface area contributed by atoms with Crippen molar-refractivity contribution in [3.63, 3.8) is 0 Å². The summed E-state index contributed by atoms with van der Waals surface area (Å²) in [6, 6.07) is 73.6. The molecular formula is C55H42AgAuP2+2. The second kappa shape index (κ2) is 21.5. The normalized spacial score (nSPS) is 11.0. The van der Waals surface area contributed by atoms with E-state index in [0.717, 1.165) is 24.0 Å². The first kappa shape index (κ1) is 43.8. The fourth-order valence-corrected chi connectivity index (χ4v) is 15.6. The Kier molecular flexibility index (Phi) is 15.9. The minimum Gasteiger partial charge on any atom is -0.366 e. The van der Waals surface area contributed by atoms with Crippen LogP contribution in [0.2, 0.25) is 0 Å². The van der Waals surface area contributed by atoms with Crippen molar-refractivity contribution in [2.75, 3.05) is 5.90 Å². The molecule has 0 aromatic heterocycles. The molecule has 0 saturated carbocycles. The number of hydrogen-bond acceptors (Lipinski definition) is 0. The number of hydrogen-bond donors (Lipinski definition) is 0. The summed E-state index contributed by atoms with van der Waals surface area (Å²) in [4.78, 5) is 0. The predicted molar refractivity (Wildman–Crippen MR) is 248 cm³/mol. The molecule has 8 aromatic rings. The summed E-state index contributed by atoms with van der Waals surface area (Å²) in [5.41, 5.74) is 12.4. The standard InChI is InChI=1S/C25H22P2.2C15H9.Ag.Au/c1-5-13-22(14-6-1)26(23-15-7-2-8-16-23)21-27(24-17-9-3-10-18-24)25-19-11-4-12-20-25;2*1-2-11-7-8-15-13(9-11)10-12-5-3-4-6-14(12)15;;/h1-20H,21H2;2*3-9H,10H2;;/q;2*-1;2*+1/p+2.